The molecule has 0 amide bonds. The van der Waals surface area contributed by atoms with Crippen LogP contribution in [0, 0.1) is 35.5 Å². The SMILES string of the molecule is CCCC1CCC(C2CCC3C(CCCC3C(=O)Oc3ccc(Cl)cc3)C2)CC1. The number of carbonyl (C=O) groups excluding carboxylic acids is 1. The number of hydrogen-bond acceptors (Lipinski definition) is 2. The van der Waals surface area contributed by atoms with Crippen LogP contribution < -0.4 is 4.74 Å². The Kier molecular flexibility index (Phi) is 7.21. The van der Waals surface area contributed by atoms with Gasteiger partial charge in [0.1, 0.15) is 5.75 Å². The fourth-order valence-electron chi connectivity index (χ4n) is 6.77. The topological polar surface area (TPSA) is 26.3 Å². The summed E-state index contributed by atoms with van der Waals surface area (Å²) in [5, 5.41) is 0.671. The number of rotatable bonds is 5. The minimum absolute atomic E-state index is 0.0134. The number of halogens is 1. The normalized spacial score (nSPS) is 35.0. The maximum atomic E-state index is 12.9. The van der Waals surface area contributed by atoms with Crippen LogP contribution in [0.5, 0.6) is 5.75 Å². The summed E-state index contributed by atoms with van der Waals surface area (Å²) in [5.41, 5.74) is 0. The third-order valence-corrected chi connectivity index (χ3v) is 8.53. The Bertz CT molecular complexity index is 662. The van der Waals surface area contributed by atoms with Gasteiger partial charge in [-0.15, -0.1) is 0 Å². The second kappa shape index (κ2) is 9.86. The van der Waals surface area contributed by atoms with E-state index in [9.17, 15) is 4.79 Å². The summed E-state index contributed by atoms with van der Waals surface area (Å²) < 4.78 is 5.74. The van der Waals surface area contributed by atoms with Gasteiger partial charge in [-0.05, 0) is 92.4 Å². The van der Waals surface area contributed by atoms with Crippen LogP contribution in [0.15, 0.2) is 24.3 Å². The van der Waals surface area contributed by atoms with E-state index < -0.39 is 0 Å². The van der Waals surface area contributed by atoms with E-state index in [1.165, 1.54) is 70.6 Å². The second-order valence-electron chi connectivity index (χ2n) is 9.98. The molecule has 2 nitrogen and oxygen atoms in total. The summed E-state index contributed by atoms with van der Waals surface area (Å²) in [7, 11) is 0. The molecular weight excluding hydrogens is 380 g/mol. The van der Waals surface area contributed by atoms with Crippen molar-refractivity contribution in [1.82, 2.24) is 0 Å². The van der Waals surface area contributed by atoms with E-state index in [0.717, 1.165) is 30.1 Å². The molecule has 0 aliphatic heterocycles. The van der Waals surface area contributed by atoms with E-state index in [2.05, 4.69) is 6.92 Å². The number of carbonyl (C=O) groups is 1. The van der Waals surface area contributed by atoms with Crippen LogP contribution >= 0.6 is 11.6 Å². The molecule has 0 bridgehead atoms. The van der Waals surface area contributed by atoms with Crippen molar-refractivity contribution in [3.63, 3.8) is 0 Å². The van der Waals surface area contributed by atoms with Crippen LogP contribution in [0.2, 0.25) is 5.02 Å². The lowest BCUT2D eigenvalue weighted by Gasteiger charge is -2.46. The Morgan fingerprint density at radius 3 is 2.38 bits per heavy atom. The Morgan fingerprint density at radius 1 is 0.931 bits per heavy atom. The van der Waals surface area contributed by atoms with Crippen molar-refractivity contribution >= 4 is 17.6 Å². The van der Waals surface area contributed by atoms with Gasteiger partial charge in [0.25, 0.3) is 0 Å². The molecular formula is C26H37ClO2. The molecule has 3 heteroatoms. The standard InChI is InChI=1S/C26H37ClO2/c1-2-4-18-7-9-19(10-8-18)20-11-16-24-21(17-20)5-3-6-25(24)26(28)29-23-14-12-22(27)13-15-23/h12-15,18-21,24-25H,2-11,16-17H2,1H3. The fraction of sp³-hybridized carbons (Fsp3) is 0.731. The van der Waals surface area contributed by atoms with Crippen LogP contribution in [-0.4, -0.2) is 5.97 Å². The zero-order valence-corrected chi connectivity index (χ0v) is 18.7. The molecule has 0 aromatic heterocycles. The van der Waals surface area contributed by atoms with E-state index in [0.29, 0.717) is 16.7 Å². The highest BCUT2D eigenvalue weighted by Gasteiger charge is 2.43. The van der Waals surface area contributed by atoms with E-state index >= 15 is 0 Å². The van der Waals surface area contributed by atoms with Gasteiger partial charge in [-0.25, -0.2) is 0 Å². The lowest BCUT2D eigenvalue weighted by Crippen LogP contribution is -2.40. The zero-order valence-electron chi connectivity index (χ0n) is 18.0. The summed E-state index contributed by atoms with van der Waals surface area (Å²) in [6.07, 6.45) is 16.0. The van der Waals surface area contributed by atoms with E-state index in [4.69, 9.17) is 16.3 Å². The Labute approximate surface area is 181 Å². The van der Waals surface area contributed by atoms with E-state index in [-0.39, 0.29) is 11.9 Å². The Balaban J connectivity index is 1.32. The first-order valence-corrected chi connectivity index (χ1v) is 12.5. The van der Waals surface area contributed by atoms with Gasteiger partial charge in [0, 0.05) is 5.02 Å². The molecule has 1 aromatic rings. The van der Waals surface area contributed by atoms with Gasteiger partial charge < -0.3 is 4.74 Å². The summed E-state index contributed by atoms with van der Waals surface area (Å²) in [5.74, 6) is 4.82. The molecule has 0 spiro atoms. The average molecular weight is 417 g/mol. The smallest absolute Gasteiger partial charge is 0.314 e. The average Bonchev–Trinajstić information content (AvgIpc) is 2.75. The van der Waals surface area contributed by atoms with Gasteiger partial charge in [-0.3, -0.25) is 4.79 Å². The monoisotopic (exact) mass is 416 g/mol. The molecule has 4 atom stereocenters. The molecule has 3 aliphatic rings. The van der Waals surface area contributed by atoms with Crippen LogP contribution in [0.4, 0.5) is 0 Å². The van der Waals surface area contributed by atoms with Crippen molar-refractivity contribution in [2.75, 3.05) is 0 Å². The second-order valence-corrected chi connectivity index (χ2v) is 10.4. The highest BCUT2D eigenvalue weighted by atomic mass is 35.5. The van der Waals surface area contributed by atoms with Gasteiger partial charge in [-0.2, -0.15) is 0 Å². The van der Waals surface area contributed by atoms with Crippen molar-refractivity contribution in [2.45, 2.75) is 84.0 Å². The van der Waals surface area contributed by atoms with Crippen molar-refractivity contribution in [2.24, 2.45) is 35.5 Å². The predicted molar refractivity (Wildman–Crippen MR) is 119 cm³/mol. The molecule has 3 saturated carbocycles. The first kappa shape index (κ1) is 21.2. The molecule has 1 aromatic carbocycles. The van der Waals surface area contributed by atoms with E-state index in [1.54, 1.807) is 24.3 Å². The molecule has 0 N–H and O–H groups in total. The highest BCUT2D eigenvalue weighted by molar-refractivity contribution is 6.30. The van der Waals surface area contributed by atoms with Crippen molar-refractivity contribution < 1.29 is 9.53 Å². The fourth-order valence-corrected chi connectivity index (χ4v) is 6.90. The molecule has 0 saturated heterocycles. The van der Waals surface area contributed by atoms with Crippen LogP contribution in [0.1, 0.15) is 84.0 Å². The maximum Gasteiger partial charge on any atom is 0.314 e. The zero-order chi connectivity index (χ0) is 20.2. The number of esters is 1. The van der Waals surface area contributed by atoms with Gasteiger partial charge in [0.15, 0.2) is 0 Å². The largest absolute Gasteiger partial charge is 0.426 e. The highest BCUT2D eigenvalue weighted by Crippen LogP contribution is 2.50. The third-order valence-electron chi connectivity index (χ3n) is 8.28. The minimum Gasteiger partial charge on any atom is -0.426 e. The van der Waals surface area contributed by atoms with Crippen molar-refractivity contribution in [1.29, 1.82) is 0 Å². The molecule has 29 heavy (non-hydrogen) atoms. The van der Waals surface area contributed by atoms with Gasteiger partial charge in [0.2, 0.25) is 0 Å². The Morgan fingerprint density at radius 2 is 1.66 bits per heavy atom. The summed E-state index contributed by atoms with van der Waals surface area (Å²) in [6.45, 7) is 2.32. The van der Waals surface area contributed by atoms with Crippen molar-refractivity contribution in [3.05, 3.63) is 29.3 Å². The predicted octanol–water partition coefficient (Wildman–Crippen LogP) is 7.68. The number of hydrogen-bond donors (Lipinski definition) is 0. The van der Waals surface area contributed by atoms with Crippen molar-refractivity contribution in [3.8, 4) is 5.75 Å². The molecule has 3 aliphatic carbocycles. The van der Waals surface area contributed by atoms with E-state index in [1.807, 2.05) is 0 Å². The molecule has 3 fully saturated rings. The van der Waals surface area contributed by atoms with Crippen LogP contribution in [0.3, 0.4) is 0 Å². The summed E-state index contributed by atoms with van der Waals surface area (Å²) in [4.78, 5) is 12.9. The maximum absolute atomic E-state index is 12.9. The number of fused-ring (bicyclic) bond motifs is 1. The Hall–Kier alpha value is -1.02. The third kappa shape index (κ3) is 5.19. The van der Waals surface area contributed by atoms with Crippen LogP contribution in [-0.2, 0) is 4.79 Å². The number of ether oxygens (including phenoxy) is 1. The first-order valence-electron chi connectivity index (χ1n) is 12.1. The van der Waals surface area contributed by atoms with Crippen LogP contribution in [0.25, 0.3) is 0 Å². The molecule has 160 valence electrons. The van der Waals surface area contributed by atoms with Gasteiger partial charge in [0.05, 0.1) is 5.92 Å². The molecule has 0 radical (unpaired) electrons. The summed E-state index contributed by atoms with van der Waals surface area (Å²) in [6, 6.07) is 7.17. The summed E-state index contributed by atoms with van der Waals surface area (Å²) >= 11 is 5.95. The quantitative estimate of drug-likeness (QED) is 0.363. The number of benzene rings is 1. The lowest BCUT2D eigenvalue weighted by atomic mass is 9.59. The van der Waals surface area contributed by atoms with Gasteiger partial charge in [-0.1, -0.05) is 57.0 Å². The first-order chi connectivity index (χ1) is 14.1. The lowest BCUT2D eigenvalue weighted by molar-refractivity contribution is -0.144. The molecule has 0 heterocycles. The van der Waals surface area contributed by atoms with Gasteiger partial charge >= 0.3 is 5.97 Å². The minimum atomic E-state index is -0.0134. The molecule has 4 rings (SSSR count). The molecule has 4 unspecified atom stereocenters.